The van der Waals surface area contributed by atoms with E-state index in [0.717, 1.165) is 5.57 Å². The number of halogens is 2. The number of aromatic hydroxyl groups is 1. The molecule has 5 unspecified atom stereocenters. The molecular weight excluding hydrogens is 493 g/mol. The Bertz CT molecular complexity index is 1310. The van der Waals surface area contributed by atoms with Gasteiger partial charge in [-0.1, -0.05) is 11.6 Å². The van der Waals surface area contributed by atoms with Crippen molar-refractivity contribution in [2.45, 2.75) is 62.2 Å². The first-order valence-corrected chi connectivity index (χ1v) is 12.8. The number of pyridine rings is 1. The number of amides is 2. The quantitative estimate of drug-likeness (QED) is 0.358. The molecule has 0 bridgehead atoms. The summed E-state index contributed by atoms with van der Waals surface area (Å²) >= 11 is 6.13. The monoisotopic (exact) mass is 519 g/mol. The Hall–Kier alpha value is -2.88. The molecular formula is C25H27ClFN3O6. The first-order chi connectivity index (χ1) is 17.2. The van der Waals surface area contributed by atoms with E-state index in [1.807, 2.05) is 0 Å². The van der Waals surface area contributed by atoms with Gasteiger partial charge >= 0.3 is 5.97 Å². The molecule has 5 atom stereocenters. The van der Waals surface area contributed by atoms with Gasteiger partial charge in [0.15, 0.2) is 5.75 Å². The zero-order chi connectivity index (χ0) is 25.6. The molecule has 2 aliphatic heterocycles. The maximum atomic E-state index is 14.0. The lowest BCUT2D eigenvalue weighted by Gasteiger charge is -2.36. The molecule has 2 fully saturated rings. The molecule has 0 radical (unpaired) electrons. The van der Waals surface area contributed by atoms with Gasteiger partial charge in [-0.25, -0.2) is 4.39 Å². The van der Waals surface area contributed by atoms with Crippen LogP contribution in [0.1, 0.15) is 64.9 Å². The lowest BCUT2D eigenvalue weighted by molar-refractivity contribution is -0.152. The number of carbonyl (C=O) groups is 3. The number of aromatic nitrogens is 1. The summed E-state index contributed by atoms with van der Waals surface area (Å²) in [5, 5.41) is 13.1. The Morgan fingerprint density at radius 2 is 2.08 bits per heavy atom. The van der Waals surface area contributed by atoms with Crippen LogP contribution in [0, 0.1) is 11.3 Å². The zero-order valence-electron chi connectivity index (χ0n) is 19.8. The Kier molecular flexibility index (Phi) is 5.10. The number of ether oxygens (including phenoxy) is 1. The van der Waals surface area contributed by atoms with Crippen LogP contribution in [0.25, 0.3) is 0 Å². The second-order valence-corrected chi connectivity index (χ2v) is 11.1. The van der Waals surface area contributed by atoms with Crippen LogP contribution >= 0.6 is 11.6 Å². The van der Waals surface area contributed by atoms with Crippen molar-refractivity contribution in [2.24, 2.45) is 11.3 Å². The zero-order valence-corrected chi connectivity index (χ0v) is 20.6. The topological polar surface area (TPSA) is 118 Å². The van der Waals surface area contributed by atoms with Crippen LogP contribution in [-0.2, 0) is 21.6 Å². The molecule has 9 nitrogen and oxygen atoms in total. The Labute approximate surface area is 211 Å². The Morgan fingerprint density at radius 3 is 2.81 bits per heavy atom. The third kappa shape index (κ3) is 2.87. The van der Waals surface area contributed by atoms with Gasteiger partial charge in [0.05, 0.1) is 18.1 Å². The number of hydrogen-bond donors (Lipinski definition) is 2. The van der Waals surface area contributed by atoms with Gasteiger partial charge in [-0.2, -0.15) is 0 Å². The summed E-state index contributed by atoms with van der Waals surface area (Å²) in [6.07, 6.45) is 3.76. The van der Waals surface area contributed by atoms with E-state index >= 15 is 0 Å². The lowest BCUT2D eigenvalue weighted by Crippen LogP contribution is -2.55. The van der Waals surface area contributed by atoms with E-state index in [0.29, 0.717) is 44.1 Å². The number of methoxy groups -OCH3 is 1. The minimum absolute atomic E-state index is 0.0269. The summed E-state index contributed by atoms with van der Waals surface area (Å²) in [6, 6.07) is 0. The van der Waals surface area contributed by atoms with Crippen molar-refractivity contribution in [3.8, 4) is 5.75 Å². The summed E-state index contributed by atoms with van der Waals surface area (Å²) in [4.78, 5) is 54.7. The third-order valence-electron chi connectivity index (χ3n) is 8.86. The second kappa shape index (κ2) is 7.81. The van der Waals surface area contributed by atoms with Crippen LogP contribution in [-0.4, -0.2) is 64.1 Å². The van der Waals surface area contributed by atoms with Gasteiger partial charge < -0.3 is 20.1 Å². The standard InChI is InChI=1S/C25H27ClFN3O6/c1-36-23(35)24-10-13(24)5-7-25(24)28-20(32)18-14-6-8-29(11-12-3-2-4-16(27)15(26)9-12)21(33)17(14)19(31)22(34)30(18)25/h9,13,15-16,31H,2-8,10-11H2,1H3,(H,28,32). The predicted molar refractivity (Wildman–Crippen MR) is 126 cm³/mol. The second-order valence-electron chi connectivity index (χ2n) is 10.6. The fraction of sp³-hybridized carbons (Fsp3) is 0.600. The molecule has 6 rings (SSSR count). The highest BCUT2D eigenvalue weighted by molar-refractivity contribution is 6.22. The van der Waals surface area contributed by atoms with E-state index in [9.17, 15) is 28.7 Å². The smallest absolute Gasteiger partial charge is 0.316 e. The van der Waals surface area contributed by atoms with Gasteiger partial charge in [0.25, 0.3) is 17.4 Å². The molecule has 5 aliphatic rings. The van der Waals surface area contributed by atoms with Gasteiger partial charge in [-0.05, 0) is 50.9 Å². The van der Waals surface area contributed by atoms with E-state index in [2.05, 4.69) is 5.32 Å². The number of carbonyl (C=O) groups excluding carboxylic acids is 3. The number of nitrogens with one attached hydrogen (secondary N) is 1. The first-order valence-electron chi connectivity index (χ1n) is 12.4. The summed E-state index contributed by atoms with van der Waals surface area (Å²) in [5.41, 5.74) is -2.26. The maximum absolute atomic E-state index is 14.0. The number of fused-ring (bicyclic) bond motifs is 6. The van der Waals surface area contributed by atoms with Crippen molar-refractivity contribution >= 4 is 29.4 Å². The minimum Gasteiger partial charge on any atom is -0.502 e. The van der Waals surface area contributed by atoms with Crippen molar-refractivity contribution in [3.05, 3.63) is 38.8 Å². The Morgan fingerprint density at radius 1 is 1.31 bits per heavy atom. The van der Waals surface area contributed by atoms with Crippen LogP contribution in [0.3, 0.4) is 0 Å². The number of alkyl halides is 2. The SMILES string of the molecule is COC(=O)C12CC1CCC21NC(=O)c2c3c(c(O)c(=O)n21)C(=O)N(CC1=CC(Cl)C(F)CCC1)CC3. The minimum atomic E-state index is -1.32. The van der Waals surface area contributed by atoms with Crippen molar-refractivity contribution in [1.82, 2.24) is 14.8 Å². The maximum Gasteiger partial charge on any atom is 0.316 e. The van der Waals surface area contributed by atoms with E-state index in [-0.39, 0.29) is 36.7 Å². The Balaban J connectivity index is 1.41. The number of rotatable bonds is 3. The number of allylic oxidation sites excluding steroid dienone is 1. The number of esters is 1. The van der Waals surface area contributed by atoms with Gasteiger partial charge in [0.2, 0.25) is 0 Å². The van der Waals surface area contributed by atoms with Crippen molar-refractivity contribution in [3.63, 3.8) is 0 Å². The van der Waals surface area contributed by atoms with Crippen molar-refractivity contribution in [1.29, 1.82) is 0 Å². The summed E-state index contributed by atoms with van der Waals surface area (Å²) in [7, 11) is 1.28. The normalized spacial score (nSPS) is 34.5. The molecule has 1 aromatic rings. The molecule has 1 spiro atoms. The van der Waals surface area contributed by atoms with E-state index in [1.54, 1.807) is 6.08 Å². The molecule has 0 saturated heterocycles. The van der Waals surface area contributed by atoms with Crippen LogP contribution in [0.4, 0.5) is 4.39 Å². The van der Waals surface area contributed by atoms with Crippen LogP contribution in [0.15, 0.2) is 16.4 Å². The fourth-order valence-electron chi connectivity index (χ4n) is 7.10. The highest BCUT2D eigenvalue weighted by atomic mass is 35.5. The average Bonchev–Trinajstić information content (AvgIpc) is 3.46. The highest BCUT2D eigenvalue weighted by Gasteiger charge is 2.79. The lowest BCUT2D eigenvalue weighted by atomic mass is 9.89. The molecule has 2 N–H and O–H groups in total. The molecule has 3 aliphatic carbocycles. The summed E-state index contributed by atoms with van der Waals surface area (Å²) in [6.45, 7) is 0.459. The van der Waals surface area contributed by atoms with Crippen LogP contribution in [0.2, 0.25) is 0 Å². The van der Waals surface area contributed by atoms with Gasteiger partial charge in [-0.3, -0.25) is 23.7 Å². The van der Waals surface area contributed by atoms with E-state index in [1.165, 1.54) is 16.6 Å². The molecule has 3 heterocycles. The van der Waals surface area contributed by atoms with E-state index in [4.69, 9.17) is 16.3 Å². The number of hydrogen-bond acceptors (Lipinski definition) is 6. The first kappa shape index (κ1) is 23.5. The largest absolute Gasteiger partial charge is 0.502 e. The van der Waals surface area contributed by atoms with Gasteiger partial charge in [0, 0.05) is 18.7 Å². The molecule has 36 heavy (non-hydrogen) atoms. The molecule has 1 aromatic heterocycles. The highest BCUT2D eigenvalue weighted by Crippen LogP contribution is 2.71. The fourth-order valence-corrected chi connectivity index (χ4v) is 7.40. The van der Waals surface area contributed by atoms with Crippen LogP contribution in [0.5, 0.6) is 5.75 Å². The molecule has 192 valence electrons. The van der Waals surface area contributed by atoms with Crippen molar-refractivity contribution < 1.29 is 28.6 Å². The van der Waals surface area contributed by atoms with E-state index < -0.39 is 51.7 Å². The van der Waals surface area contributed by atoms with Gasteiger partial charge in [-0.15, -0.1) is 11.6 Å². The molecule has 2 amide bonds. The van der Waals surface area contributed by atoms with Crippen LogP contribution < -0.4 is 10.9 Å². The van der Waals surface area contributed by atoms with Crippen molar-refractivity contribution in [2.75, 3.05) is 20.2 Å². The summed E-state index contributed by atoms with van der Waals surface area (Å²) < 4.78 is 20.3. The molecule has 11 heteroatoms. The van der Waals surface area contributed by atoms with Gasteiger partial charge in [0.1, 0.15) is 22.9 Å². The average molecular weight is 520 g/mol. The molecule has 2 saturated carbocycles. The summed E-state index contributed by atoms with van der Waals surface area (Å²) in [5.74, 6) is -2.34. The third-order valence-corrected chi connectivity index (χ3v) is 9.26. The number of nitrogens with zero attached hydrogens (tertiary/aromatic N) is 2. The molecule has 0 aromatic carbocycles. The predicted octanol–water partition coefficient (Wildman–Crippen LogP) is 1.98.